The Hall–Kier alpha value is -0.200. The number of hydrogen-bond acceptors (Lipinski definition) is 5. The van der Waals surface area contributed by atoms with E-state index in [-0.39, 0.29) is 13.0 Å². The molecular formula is C7H18N2O3. The van der Waals surface area contributed by atoms with Crippen LogP contribution in [0.15, 0.2) is 0 Å². The van der Waals surface area contributed by atoms with Gasteiger partial charge in [-0.2, -0.15) is 0 Å². The van der Waals surface area contributed by atoms with Crippen LogP contribution in [-0.2, 0) is 4.74 Å². The standard InChI is InChI=1S/C4H11NO2.C3H7NO/c1-2-4(6,7)3-5;1-2-5-3-4-1/h6-7H,2-3,5H2,1H3;4H,1-3H2. The van der Waals surface area contributed by atoms with Gasteiger partial charge in [0.15, 0.2) is 5.79 Å². The van der Waals surface area contributed by atoms with Crippen LogP contribution in [0.1, 0.15) is 13.3 Å². The Balaban J connectivity index is 0.000000211. The monoisotopic (exact) mass is 178 g/mol. The quantitative estimate of drug-likeness (QED) is 0.391. The summed E-state index contributed by atoms with van der Waals surface area (Å²) in [6.45, 7) is 4.23. The lowest BCUT2D eigenvalue weighted by Gasteiger charge is -2.15. The Bertz CT molecular complexity index is 91.2. The van der Waals surface area contributed by atoms with Gasteiger partial charge in [-0.1, -0.05) is 6.92 Å². The van der Waals surface area contributed by atoms with Crippen LogP contribution >= 0.6 is 0 Å². The molecule has 1 aliphatic heterocycles. The van der Waals surface area contributed by atoms with Crippen molar-refractivity contribution < 1.29 is 14.9 Å². The zero-order valence-electron chi connectivity index (χ0n) is 7.42. The third-order valence-electron chi connectivity index (χ3n) is 1.52. The normalized spacial score (nSPS) is 17.0. The number of aliphatic hydroxyl groups is 2. The highest BCUT2D eigenvalue weighted by Crippen LogP contribution is 1.99. The van der Waals surface area contributed by atoms with Gasteiger partial charge in [-0.3, -0.25) is 5.32 Å². The van der Waals surface area contributed by atoms with E-state index in [9.17, 15) is 0 Å². The predicted octanol–water partition coefficient (Wildman–Crippen LogP) is -1.40. The van der Waals surface area contributed by atoms with E-state index in [1.807, 2.05) is 0 Å². The SMILES string of the molecule is C1COCN1.CCC(O)(O)CN. The molecule has 0 atom stereocenters. The molecule has 0 aromatic carbocycles. The van der Waals surface area contributed by atoms with Crippen molar-refractivity contribution in [3.8, 4) is 0 Å². The molecule has 5 heteroatoms. The number of hydrogen-bond donors (Lipinski definition) is 4. The summed E-state index contributed by atoms with van der Waals surface area (Å²) in [5.74, 6) is -1.64. The first-order valence-corrected chi connectivity index (χ1v) is 4.05. The molecule has 0 radical (unpaired) electrons. The predicted molar refractivity (Wildman–Crippen MR) is 45.3 cm³/mol. The van der Waals surface area contributed by atoms with E-state index in [0.717, 1.165) is 19.9 Å². The van der Waals surface area contributed by atoms with E-state index in [1.165, 1.54) is 0 Å². The summed E-state index contributed by atoms with van der Waals surface area (Å²) in [4.78, 5) is 0. The van der Waals surface area contributed by atoms with E-state index in [4.69, 9.17) is 20.7 Å². The summed E-state index contributed by atoms with van der Waals surface area (Å²) in [7, 11) is 0. The zero-order chi connectivity index (χ0) is 9.45. The van der Waals surface area contributed by atoms with E-state index >= 15 is 0 Å². The van der Waals surface area contributed by atoms with Crippen molar-refractivity contribution in [3.05, 3.63) is 0 Å². The maximum atomic E-state index is 8.56. The molecule has 0 aromatic rings. The third-order valence-corrected chi connectivity index (χ3v) is 1.52. The molecule has 1 fully saturated rings. The van der Waals surface area contributed by atoms with Crippen molar-refractivity contribution in [2.75, 3.05) is 26.4 Å². The van der Waals surface area contributed by atoms with Gasteiger partial charge in [-0.15, -0.1) is 0 Å². The molecule has 5 nitrogen and oxygen atoms in total. The van der Waals surface area contributed by atoms with Crippen LogP contribution in [0.4, 0.5) is 0 Å². The largest absolute Gasteiger partial charge is 0.365 e. The van der Waals surface area contributed by atoms with Crippen LogP contribution in [0.2, 0.25) is 0 Å². The summed E-state index contributed by atoms with van der Waals surface area (Å²) in [6, 6.07) is 0. The average molecular weight is 178 g/mol. The topological polar surface area (TPSA) is 87.7 Å². The van der Waals surface area contributed by atoms with Crippen molar-refractivity contribution in [2.45, 2.75) is 19.1 Å². The van der Waals surface area contributed by atoms with Gasteiger partial charge in [0, 0.05) is 13.1 Å². The van der Waals surface area contributed by atoms with E-state index in [0.29, 0.717) is 0 Å². The molecule has 74 valence electrons. The summed E-state index contributed by atoms with van der Waals surface area (Å²) >= 11 is 0. The number of ether oxygens (including phenoxy) is 1. The molecule has 0 unspecified atom stereocenters. The second-order valence-corrected chi connectivity index (χ2v) is 2.59. The molecule has 0 saturated carbocycles. The molecule has 1 heterocycles. The summed E-state index contributed by atoms with van der Waals surface area (Å²) in [6.07, 6.45) is 0.281. The number of nitrogens with two attached hydrogens (primary N) is 1. The highest BCUT2D eigenvalue weighted by atomic mass is 16.5. The second-order valence-electron chi connectivity index (χ2n) is 2.59. The molecule has 1 saturated heterocycles. The Morgan fingerprint density at radius 3 is 2.33 bits per heavy atom. The fourth-order valence-electron chi connectivity index (χ4n) is 0.505. The van der Waals surface area contributed by atoms with Gasteiger partial charge < -0.3 is 20.7 Å². The Kier molecular flexibility index (Phi) is 6.23. The number of rotatable bonds is 2. The smallest absolute Gasteiger partial charge is 0.174 e. The molecule has 0 spiro atoms. The van der Waals surface area contributed by atoms with Crippen LogP contribution in [0.25, 0.3) is 0 Å². The molecule has 12 heavy (non-hydrogen) atoms. The lowest BCUT2D eigenvalue weighted by molar-refractivity contribution is -0.153. The molecule has 0 bridgehead atoms. The van der Waals surface area contributed by atoms with Crippen molar-refractivity contribution in [1.82, 2.24) is 5.32 Å². The molecule has 0 aliphatic carbocycles. The Morgan fingerprint density at radius 2 is 2.25 bits per heavy atom. The van der Waals surface area contributed by atoms with Gasteiger partial charge in [0.05, 0.1) is 13.3 Å². The van der Waals surface area contributed by atoms with Gasteiger partial charge in [0.2, 0.25) is 0 Å². The van der Waals surface area contributed by atoms with Crippen molar-refractivity contribution in [2.24, 2.45) is 5.73 Å². The van der Waals surface area contributed by atoms with Gasteiger partial charge in [-0.25, -0.2) is 0 Å². The minimum Gasteiger partial charge on any atom is -0.365 e. The maximum absolute atomic E-state index is 8.56. The minimum absolute atomic E-state index is 0.0938. The third kappa shape index (κ3) is 6.51. The average Bonchev–Trinajstić information content (AvgIpc) is 2.62. The highest BCUT2D eigenvalue weighted by molar-refractivity contribution is 4.59. The number of nitrogens with one attached hydrogen (secondary N) is 1. The van der Waals surface area contributed by atoms with Gasteiger partial charge >= 0.3 is 0 Å². The van der Waals surface area contributed by atoms with Crippen molar-refractivity contribution >= 4 is 0 Å². The van der Waals surface area contributed by atoms with E-state index in [1.54, 1.807) is 6.92 Å². The van der Waals surface area contributed by atoms with Gasteiger partial charge in [0.1, 0.15) is 0 Å². The molecule has 0 aromatic heterocycles. The van der Waals surface area contributed by atoms with Crippen molar-refractivity contribution in [3.63, 3.8) is 0 Å². The molecule has 0 amide bonds. The lowest BCUT2D eigenvalue weighted by atomic mass is 10.2. The first-order valence-electron chi connectivity index (χ1n) is 4.05. The summed E-state index contributed by atoms with van der Waals surface area (Å²) < 4.78 is 4.83. The Labute approximate surface area is 72.5 Å². The van der Waals surface area contributed by atoms with E-state index in [2.05, 4.69) is 5.32 Å². The highest BCUT2D eigenvalue weighted by Gasteiger charge is 2.15. The summed E-state index contributed by atoms with van der Waals surface area (Å²) in [5, 5.41) is 20.1. The molecule has 1 aliphatic rings. The van der Waals surface area contributed by atoms with Crippen LogP contribution in [0.5, 0.6) is 0 Å². The second kappa shape index (κ2) is 6.33. The summed E-state index contributed by atoms with van der Waals surface area (Å²) in [5.41, 5.74) is 4.92. The first-order chi connectivity index (χ1) is 5.62. The van der Waals surface area contributed by atoms with Crippen molar-refractivity contribution in [1.29, 1.82) is 0 Å². The fraction of sp³-hybridized carbons (Fsp3) is 1.00. The molecule has 1 rings (SSSR count). The van der Waals surface area contributed by atoms with Crippen LogP contribution in [-0.4, -0.2) is 42.4 Å². The zero-order valence-corrected chi connectivity index (χ0v) is 7.42. The van der Waals surface area contributed by atoms with Crippen LogP contribution in [0.3, 0.4) is 0 Å². The van der Waals surface area contributed by atoms with Gasteiger partial charge in [-0.05, 0) is 6.42 Å². The Morgan fingerprint density at radius 1 is 1.58 bits per heavy atom. The first kappa shape index (κ1) is 11.8. The molecular weight excluding hydrogens is 160 g/mol. The molecule has 5 N–H and O–H groups in total. The van der Waals surface area contributed by atoms with Gasteiger partial charge in [0.25, 0.3) is 0 Å². The van der Waals surface area contributed by atoms with Crippen LogP contribution in [0, 0.1) is 0 Å². The van der Waals surface area contributed by atoms with E-state index < -0.39 is 5.79 Å². The lowest BCUT2D eigenvalue weighted by Crippen LogP contribution is -2.36. The maximum Gasteiger partial charge on any atom is 0.174 e. The van der Waals surface area contributed by atoms with Crippen LogP contribution < -0.4 is 11.1 Å². The fourth-order valence-corrected chi connectivity index (χ4v) is 0.505. The minimum atomic E-state index is -1.64.